The van der Waals surface area contributed by atoms with Crippen LogP contribution in [0.15, 0.2) is 0 Å². The number of aliphatic carboxylic acids is 2. The third-order valence-electron chi connectivity index (χ3n) is 2.95. The maximum absolute atomic E-state index is 11.2. The van der Waals surface area contributed by atoms with Crippen molar-refractivity contribution >= 4 is 29.5 Å². The summed E-state index contributed by atoms with van der Waals surface area (Å²) in [5, 5.41) is 16.9. The summed E-state index contributed by atoms with van der Waals surface area (Å²) in [6, 6.07) is 0. The van der Waals surface area contributed by atoms with Crippen LogP contribution in [0.3, 0.4) is 0 Å². The zero-order valence-electron chi connectivity index (χ0n) is 9.22. The van der Waals surface area contributed by atoms with Gasteiger partial charge in [-0.1, -0.05) is 0 Å². The van der Waals surface area contributed by atoms with E-state index in [9.17, 15) is 19.5 Å². The van der Waals surface area contributed by atoms with Crippen LogP contribution in [0.5, 0.6) is 0 Å². The van der Waals surface area contributed by atoms with Crippen LogP contribution >= 0.6 is 11.8 Å². The van der Waals surface area contributed by atoms with Gasteiger partial charge in [0.15, 0.2) is 0 Å². The van der Waals surface area contributed by atoms with Gasteiger partial charge < -0.3 is 15.9 Å². The predicted octanol–water partition coefficient (Wildman–Crippen LogP) is 0.303. The highest BCUT2D eigenvalue weighted by atomic mass is 32.2. The standard InChI is InChI=1S/C10H15NO5S/c11-8(17-4-2-7(13)14)10(9(15)16)3-1-6(12)5-10/h8H,1-5,11H2,(H,13,14)(H,15,16). The van der Waals surface area contributed by atoms with Gasteiger partial charge in [-0.25, -0.2) is 0 Å². The molecule has 0 aromatic rings. The zero-order valence-corrected chi connectivity index (χ0v) is 10.0. The van der Waals surface area contributed by atoms with Gasteiger partial charge in [0.25, 0.3) is 0 Å². The van der Waals surface area contributed by atoms with Gasteiger partial charge in [-0.3, -0.25) is 14.4 Å². The van der Waals surface area contributed by atoms with Crippen molar-refractivity contribution in [1.82, 2.24) is 0 Å². The van der Waals surface area contributed by atoms with Crippen LogP contribution in [-0.2, 0) is 14.4 Å². The van der Waals surface area contributed by atoms with Crippen molar-refractivity contribution in [2.24, 2.45) is 11.1 Å². The molecule has 0 saturated heterocycles. The summed E-state index contributed by atoms with van der Waals surface area (Å²) in [7, 11) is 0. The molecule has 2 atom stereocenters. The summed E-state index contributed by atoms with van der Waals surface area (Å²) < 4.78 is 0. The predicted molar refractivity (Wildman–Crippen MR) is 61.6 cm³/mol. The molecule has 0 aliphatic heterocycles. The molecule has 7 heteroatoms. The number of carbonyl (C=O) groups is 3. The number of ketones is 1. The molecule has 0 radical (unpaired) electrons. The molecule has 1 saturated carbocycles. The molecule has 0 bridgehead atoms. The zero-order chi connectivity index (χ0) is 13.1. The first-order chi connectivity index (χ1) is 7.88. The third-order valence-corrected chi connectivity index (χ3v) is 4.20. The van der Waals surface area contributed by atoms with Crippen molar-refractivity contribution in [3.05, 3.63) is 0 Å². The van der Waals surface area contributed by atoms with Crippen LogP contribution in [0.25, 0.3) is 0 Å². The van der Waals surface area contributed by atoms with Gasteiger partial charge in [-0.15, -0.1) is 11.8 Å². The van der Waals surface area contributed by atoms with E-state index >= 15 is 0 Å². The number of thioether (sulfide) groups is 1. The SMILES string of the molecule is NC(SCCC(=O)O)C1(C(=O)O)CCC(=O)C1. The maximum Gasteiger partial charge on any atom is 0.312 e. The largest absolute Gasteiger partial charge is 0.481 e. The second-order valence-electron chi connectivity index (χ2n) is 4.11. The summed E-state index contributed by atoms with van der Waals surface area (Å²) in [6.45, 7) is 0. The van der Waals surface area contributed by atoms with Crippen molar-refractivity contribution in [2.75, 3.05) is 5.75 Å². The van der Waals surface area contributed by atoms with Gasteiger partial charge in [0.05, 0.1) is 17.2 Å². The molecular formula is C10H15NO5S. The number of Topliss-reactive ketones (excluding diaryl/α,β-unsaturated/α-hetero) is 1. The number of carboxylic acid groups (broad SMARTS) is 2. The van der Waals surface area contributed by atoms with Crippen molar-refractivity contribution < 1.29 is 24.6 Å². The molecule has 1 aliphatic rings. The normalized spacial score (nSPS) is 25.8. The van der Waals surface area contributed by atoms with E-state index < -0.39 is 22.7 Å². The molecule has 0 aromatic heterocycles. The van der Waals surface area contributed by atoms with Crippen molar-refractivity contribution in [3.63, 3.8) is 0 Å². The molecule has 17 heavy (non-hydrogen) atoms. The van der Waals surface area contributed by atoms with Crippen LogP contribution in [0.4, 0.5) is 0 Å². The molecule has 1 rings (SSSR count). The Labute approximate surface area is 103 Å². The van der Waals surface area contributed by atoms with E-state index in [-0.39, 0.29) is 37.2 Å². The second-order valence-corrected chi connectivity index (χ2v) is 5.36. The highest BCUT2D eigenvalue weighted by Crippen LogP contribution is 2.42. The second kappa shape index (κ2) is 5.50. The van der Waals surface area contributed by atoms with Crippen LogP contribution in [0, 0.1) is 5.41 Å². The van der Waals surface area contributed by atoms with E-state index in [4.69, 9.17) is 10.8 Å². The summed E-state index contributed by atoms with van der Waals surface area (Å²) in [6.07, 6.45) is 0.355. The lowest BCUT2D eigenvalue weighted by Crippen LogP contribution is -2.44. The number of hydrogen-bond acceptors (Lipinski definition) is 5. The van der Waals surface area contributed by atoms with Gasteiger partial charge in [0.1, 0.15) is 5.78 Å². The van der Waals surface area contributed by atoms with Crippen molar-refractivity contribution in [2.45, 2.75) is 31.1 Å². The fraction of sp³-hybridized carbons (Fsp3) is 0.700. The molecule has 0 aromatic carbocycles. The smallest absolute Gasteiger partial charge is 0.312 e. The molecule has 0 heterocycles. The first-order valence-electron chi connectivity index (χ1n) is 5.22. The van der Waals surface area contributed by atoms with Gasteiger partial charge in [0, 0.05) is 18.6 Å². The first-order valence-corrected chi connectivity index (χ1v) is 6.27. The molecule has 6 nitrogen and oxygen atoms in total. The van der Waals surface area contributed by atoms with Crippen LogP contribution in [-0.4, -0.2) is 39.1 Å². The third kappa shape index (κ3) is 3.19. The Balaban J connectivity index is 2.62. The van der Waals surface area contributed by atoms with E-state index in [1.54, 1.807) is 0 Å². The fourth-order valence-electron chi connectivity index (χ4n) is 1.87. The van der Waals surface area contributed by atoms with Crippen LogP contribution in [0.2, 0.25) is 0 Å². The molecule has 4 N–H and O–H groups in total. The summed E-state index contributed by atoms with van der Waals surface area (Å²) in [4.78, 5) is 32.8. The first kappa shape index (κ1) is 14.0. The summed E-state index contributed by atoms with van der Waals surface area (Å²) >= 11 is 1.10. The topological polar surface area (TPSA) is 118 Å². The van der Waals surface area contributed by atoms with E-state index in [0.717, 1.165) is 11.8 Å². The fourth-order valence-corrected chi connectivity index (χ4v) is 3.04. The van der Waals surface area contributed by atoms with E-state index in [1.165, 1.54) is 0 Å². The molecule has 0 amide bonds. The van der Waals surface area contributed by atoms with Gasteiger partial charge in [-0.05, 0) is 6.42 Å². The average molecular weight is 261 g/mol. The number of hydrogen-bond donors (Lipinski definition) is 3. The molecule has 1 fully saturated rings. The minimum atomic E-state index is -1.22. The minimum Gasteiger partial charge on any atom is -0.481 e. The quantitative estimate of drug-likeness (QED) is 0.588. The van der Waals surface area contributed by atoms with Gasteiger partial charge in [-0.2, -0.15) is 0 Å². The molecular weight excluding hydrogens is 246 g/mol. The molecule has 2 unspecified atom stereocenters. The molecule has 96 valence electrons. The highest BCUT2D eigenvalue weighted by Gasteiger charge is 2.49. The van der Waals surface area contributed by atoms with Gasteiger partial charge >= 0.3 is 11.9 Å². The lowest BCUT2D eigenvalue weighted by Gasteiger charge is -2.29. The Hall–Kier alpha value is -1.08. The van der Waals surface area contributed by atoms with Gasteiger partial charge in [0.2, 0.25) is 0 Å². The molecule has 0 spiro atoms. The number of carbonyl (C=O) groups excluding carboxylic acids is 1. The Kier molecular flexibility index (Phi) is 4.53. The summed E-state index contributed by atoms with van der Waals surface area (Å²) in [5.41, 5.74) is 4.58. The van der Waals surface area contributed by atoms with Crippen LogP contribution in [0.1, 0.15) is 25.7 Å². The average Bonchev–Trinajstić information content (AvgIpc) is 2.61. The van der Waals surface area contributed by atoms with E-state index in [0.29, 0.717) is 0 Å². The monoisotopic (exact) mass is 261 g/mol. The Morgan fingerprint density at radius 3 is 2.53 bits per heavy atom. The number of nitrogens with two attached hydrogens (primary N) is 1. The maximum atomic E-state index is 11.2. The molecule has 1 aliphatic carbocycles. The Morgan fingerprint density at radius 2 is 2.12 bits per heavy atom. The summed E-state index contributed by atoms with van der Waals surface area (Å²) in [5.74, 6) is -1.86. The van der Waals surface area contributed by atoms with Crippen molar-refractivity contribution in [3.8, 4) is 0 Å². The lowest BCUT2D eigenvalue weighted by atomic mass is 9.86. The minimum absolute atomic E-state index is 0.0520. The lowest BCUT2D eigenvalue weighted by molar-refractivity contribution is -0.149. The van der Waals surface area contributed by atoms with Crippen molar-refractivity contribution in [1.29, 1.82) is 0 Å². The van der Waals surface area contributed by atoms with E-state index in [1.807, 2.05) is 0 Å². The number of carboxylic acids is 2. The highest BCUT2D eigenvalue weighted by molar-refractivity contribution is 7.99. The Morgan fingerprint density at radius 1 is 1.47 bits per heavy atom. The van der Waals surface area contributed by atoms with Crippen LogP contribution < -0.4 is 5.73 Å². The number of rotatable bonds is 6. The Bertz CT molecular complexity index is 346. The van der Waals surface area contributed by atoms with E-state index in [2.05, 4.69) is 0 Å².